The summed E-state index contributed by atoms with van der Waals surface area (Å²) >= 11 is 0. The second kappa shape index (κ2) is 5.50. The Morgan fingerprint density at radius 1 is 1.33 bits per heavy atom. The lowest BCUT2D eigenvalue weighted by atomic mass is 9.70. The number of rotatable bonds is 3. The summed E-state index contributed by atoms with van der Waals surface area (Å²) in [6.45, 7) is 2.16. The molecule has 1 saturated heterocycles. The molecular formula is C13H18O5. The highest BCUT2D eigenvalue weighted by atomic mass is 16.5. The monoisotopic (exact) mass is 254 g/mol. The quantitative estimate of drug-likeness (QED) is 0.428. The third-order valence-corrected chi connectivity index (χ3v) is 3.85. The van der Waals surface area contributed by atoms with Gasteiger partial charge in [0.05, 0.1) is 13.2 Å². The number of hydrogen-bond acceptors (Lipinski definition) is 5. The van der Waals surface area contributed by atoms with Crippen LogP contribution in [0, 0.1) is 17.8 Å². The van der Waals surface area contributed by atoms with Crippen LogP contribution in [-0.4, -0.2) is 30.9 Å². The van der Waals surface area contributed by atoms with Gasteiger partial charge in [0.1, 0.15) is 5.92 Å². The molecule has 1 aliphatic heterocycles. The number of Topliss-reactive ketones (excluding diaryl/α,β-unsaturated/α-hetero) is 1. The Hall–Kier alpha value is -1.39. The number of carbonyl (C=O) groups is 3. The van der Waals surface area contributed by atoms with E-state index in [9.17, 15) is 14.4 Å². The van der Waals surface area contributed by atoms with Crippen LogP contribution in [0.3, 0.4) is 0 Å². The fourth-order valence-corrected chi connectivity index (χ4v) is 2.97. The number of ether oxygens (including phenoxy) is 2. The van der Waals surface area contributed by atoms with Crippen LogP contribution in [0.4, 0.5) is 0 Å². The maximum atomic E-state index is 12.0. The van der Waals surface area contributed by atoms with Gasteiger partial charge in [-0.1, -0.05) is 12.8 Å². The molecule has 5 heteroatoms. The highest BCUT2D eigenvalue weighted by Gasteiger charge is 2.47. The van der Waals surface area contributed by atoms with Gasteiger partial charge in [-0.25, -0.2) is 4.79 Å². The van der Waals surface area contributed by atoms with Crippen LogP contribution in [0.25, 0.3) is 0 Å². The first-order chi connectivity index (χ1) is 8.65. The second-order valence-corrected chi connectivity index (χ2v) is 4.90. The summed E-state index contributed by atoms with van der Waals surface area (Å²) in [5, 5.41) is 0. The highest BCUT2D eigenvalue weighted by Crippen LogP contribution is 2.39. The molecule has 1 heterocycles. The fraction of sp³-hybridized carbons (Fsp3) is 0.769. The Morgan fingerprint density at radius 3 is 2.78 bits per heavy atom. The zero-order valence-electron chi connectivity index (χ0n) is 10.5. The van der Waals surface area contributed by atoms with Gasteiger partial charge in [0.15, 0.2) is 0 Å². The van der Waals surface area contributed by atoms with Gasteiger partial charge in [-0.2, -0.15) is 0 Å². The van der Waals surface area contributed by atoms with Crippen LogP contribution in [0.15, 0.2) is 0 Å². The topological polar surface area (TPSA) is 69.7 Å². The average molecular weight is 254 g/mol. The average Bonchev–Trinajstić information content (AvgIpc) is 2.38. The predicted molar refractivity (Wildman–Crippen MR) is 61.5 cm³/mol. The molecule has 0 amide bonds. The van der Waals surface area contributed by atoms with Crippen molar-refractivity contribution in [2.24, 2.45) is 17.8 Å². The van der Waals surface area contributed by atoms with E-state index in [-0.39, 0.29) is 18.4 Å². The molecule has 3 unspecified atom stereocenters. The van der Waals surface area contributed by atoms with Gasteiger partial charge < -0.3 is 9.47 Å². The molecule has 1 aliphatic carbocycles. The van der Waals surface area contributed by atoms with E-state index in [1.54, 1.807) is 6.92 Å². The van der Waals surface area contributed by atoms with Crippen molar-refractivity contribution in [3.63, 3.8) is 0 Å². The summed E-state index contributed by atoms with van der Waals surface area (Å²) in [4.78, 5) is 35.2. The molecule has 0 radical (unpaired) electrons. The van der Waals surface area contributed by atoms with Gasteiger partial charge in [0.2, 0.25) is 0 Å². The molecule has 2 fully saturated rings. The van der Waals surface area contributed by atoms with E-state index in [0.717, 1.165) is 25.7 Å². The van der Waals surface area contributed by atoms with Crippen molar-refractivity contribution < 1.29 is 23.9 Å². The van der Waals surface area contributed by atoms with Crippen LogP contribution in [-0.2, 0) is 23.9 Å². The zero-order chi connectivity index (χ0) is 13.1. The number of ketones is 1. The van der Waals surface area contributed by atoms with Gasteiger partial charge in [-0.15, -0.1) is 0 Å². The van der Waals surface area contributed by atoms with E-state index in [2.05, 4.69) is 4.74 Å². The number of esters is 2. The molecule has 18 heavy (non-hydrogen) atoms. The van der Waals surface area contributed by atoms with E-state index in [4.69, 9.17) is 4.74 Å². The van der Waals surface area contributed by atoms with Crippen LogP contribution < -0.4 is 0 Å². The first kappa shape index (κ1) is 13.1. The van der Waals surface area contributed by atoms with Crippen molar-refractivity contribution in [2.75, 3.05) is 13.2 Å². The van der Waals surface area contributed by atoms with Gasteiger partial charge in [-0.05, 0) is 31.6 Å². The maximum Gasteiger partial charge on any atom is 0.375 e. The molecule has 0 aromatic rings. The number of hydrogen-bond donors (Lipinski definition) is 0. The van der Waals surface area contributed by atoms with Crippen LogP contribution in [0.2, 0.25) is 0 Å². The largest absolute Gasteiger partial charge is 0.465 e. The maximum absolute atomic E-state index is 12.0. The lowest BCUT2D eigenvalue weighted by Gasteiger charge is -2.38. The van der Waals surface area contributed by atoms with Gasteiger partial charge in [0.25, 0.3) is 5.78 Å². The Labute approximate surface area is 106 Å². The molecule has 0 aromatic carbocycles. The lowest BCUT2D eigenvalue weighted by Crippen LogP contribution is -2.47. The summed E-state index contributed by atoms with van der Waals surface area (Å²) in [6.07, 6.45) is 3.88. The predicted octanol–water partition coefficient (Wildman–Crippen LogP) is 1.10. The number of cyclic esters (lactones) is 1. The summed E-state index contributed by atoms with van der Waals surface area (Å²) in [5.74, 6) is -2.97. The second-order valence-electron chi connectivity index (χ2n) is 4.90. The summed E-state index contributed by atoms with van der Waals surface area (Å²) in [5.41, 5.74) is 0. The molecular weight excluding hydrogens is 236 g/mol. The Balaban J connectivity index is 2.14. The number of fused-ring (bicyclic) bond motifs is 1. The van der Waals surface area contributed by atoms with E-state index in [1.165, 1.54) is 0 Å². The van der Waals surface area contributed by atoms with Crippen molar-refractivity contribution in [1.82, 2.24) is 0 Å². The lowest BCUT2D eigenvalue weighted by molar-refractivity contribution is -0.172. The minimum absolute atomic E-state index is 0.0445. The molecule has 0 aromatic heterocycles. The Morgan fingerprint density at radius 2 is 2.06 bits per heavy atom. The molecule has 0 spiro atoms. The molecule has 100 valence electrons. The molecule has 3 atom stereocenters. The molecule has 0 bridgehead atoms. The zero-order valence-corrected chi connectivity index (χ0v) is 10.5. The van der Waals surface area contributed by atoms with Crippen LogP contribution >= 0.6 is 0 Å². The summed E-state index contributed by atoms with van der Waals surface area (Å²) < 4.78 is 9.73. The minimum atomic E-state index is -0.942. The standard InChI is InChI=1S/C13H18O5/c1-2-17-13(16)11(14)10-9-6-4-3-5-8(9)7-18-12(10)15/h8-10H,2-7H2,1H3. The van der Waals surface area contributed by atoms with Crippen molar-refractivity contribution in [1.29, 1.82) is 0 Å². The van der Waals surface area contributed by atoms with Crippen molar-refractivity contribution in [2.45, 2.75) is 32.6 Å². The van der Waals surface area contributed by atoms with Crippen LogP contribution in [0.1, 0.15) is 32.6 Å². The normalized spacial score (nSPS) is 31.2. The Bertz CT molecular complexity index is 362. The van der Waals surface area contributed by atoms with E-state index >= 15 is 0 Å². The third kappa shape index (κ3) is 2.40. The first-order valence-electron chi connectivity index (χ1n) is 6.52. The van der Waals surface area contributed by atoms with Gasteiger partial charge in [-0.3, -0.25) is 9.59 Å². The van der Waals surface area contributed by atoms with E-state index < -0.39 is 23.6 Å². The smallest absolute Gasteiger partial charge is 0.375 e. The van der Waals surface area contributed by atoms with Gasteiger partial charge >= 0.3 is 11.9 Å². The summed E-state index contributed by atoms with van der Waals surface area (Å²) in [6, 6.07) is 0. The molecule has 2 aliphatic rings. The van der Waals surface area contributed by atoms with Crippen molar-refractivity contribution in [3.05, 3.63) is 0 Å². The SMILES string of the molecule is CCOC(=O)C(=O)C1C(=O)OCC2CCCCC21. The Kier molecular flexibility index (Phi) is 3.99. The fourth-order valence-electron chi connectivity index (χ4n) is 2.97. The molecule has 1 saturated carbocycles. The van der Waals surface area contributed by atoms with Crippen LogP contribution in [0.5, 0.6) is 0 Å². The first-order valence-corrected chi connectivity index (χ1v) is 6.52. The molecule has 5 nitrogen and oxygen atoms in total. The minimum Gasteiger partial charge on any atom is -0.465 e. The third-order valence-electron chi connectivity index (χ3n) is 3.85. The number of carbonyl (C=O) groups excluding carboxylic acids is 3. The van der Waals surface area contributed by atoms with E-state index in [0.29, 0.717) is 6.61 Å². The van der Waals surface area contributed by atoms with Crippen molar-refractivity contribution in [3.8, 4) is 0 Å². The van der Waals surface area contributed by atoms with Crippen molar-refractivity contribution >= 4 is 17.7 Å². The summed E-state index contributed by atoms with van der Waals surface area (Å²) in [7, 11) is 0. The molecule has 0 N–H and O–H groups in total. The van der Waals surface area contributed by atoms with Gasteiger partial charge in [0, 0.05) is 0 Å². The highest BCUT2D eigenvalue weighted by molar-refractivity contribution is 6.38. The van der Waals surface area contributed by atoms with E-state index in [1.807, 2.05) is 0 Å². The molecule has 2 rings (SSSR count).